The maximum absolute atomic E-state index is 9.20. The van der Waals surface area contributed by atoms with Crippen LogP contribution < -0.4 is 4.74 Å². The molecule has 1 saturated carbocycles. The monoisotopic (exact) mass is 284 g/mol. The molecule has 1 heterocycles. The summed E-state index contributed by atoms with van der Waals surface area (Å²) in [6.45, 7) is 2.83. The molecule has 1 aliphatic carbocycles. The fourth-order valence-electron chi connectivity index (χ4n) is 2.08. The van der Waals surface area contributed by atoms with Crippen LogP contribution in [0.2, 0.25) is 0 Å². The third kappa shape index (κ3) is 2.68. The van der Waals surface area contributed by atoms with Gasteiger partial charge in [0.05, 0.1) is 12.3 Å². The van der Waals surface area contributed by atoms with E-state index in [2.05, 4.69) is 18.0 Å². The highest BCUT2D eigenvalue weighted by Gasteiger charge is 2.29. The molecule has 2 aromatic rings. The fourth-order valence-corrected chi connectivity index (χ4v) is 3.04. The number of nitrogens with zero attached hydrogens (tertiary/aromatic N) is 2. The van der Waals surface area contributed by atoms with Gasteiger partial charge in [-0.2, -0.15) is 5.26 Å². The van der Waals surface area contributed by atoms with Crippen LogP contribution in [-0.2, 0) is 0 Å². The van der Waals surface area contributed by atoms with Gasteiger partial charge in [0.2, 0.25) is 0 Å². The van der Waals surface area contributed by atoms with Crippen LogP contribution in [0.25, 0.3) is 10.6 Å². The van der Waals surface area contributed by atoms with Gasteiger partial charge in [-0.05, 0) is 43.5 Å². The van der Waals surface area contributed by atoms with E-state index >= 15 is 0 Å². The van der Waals surface area contributed by atoms with E-state index in [1.165, 1.54) is 24.2 Å². The largest absolute Gasteiger partial charge is 0.494 e. The Bertz CT molecular complexity index is 635. The van der Waals surface area contributed by atoms with Gasteiger partial charge in [0, 0.05) is 11.5 Å². The molecule has 4 heteroatoms. The van der Waals surface area contributed by atoms with Crippen LogP contribution in [0, 0.1) is 11.3 Å². The van der Waals surface area contributed by atoms with E-state index in [0.29, 0.717) is 5.92 Å². The van der Waals surface area contributed by atoms with E-state index in [0.717, 1.165) is 39.9 Å². The predicted molar refractivity (Wildman–Crippen MR) is 80.0 cm³/mol. The summed E-state index contributed by atoms with van der Waals surface area (Å²) in [7, 11) is 0. The fraction of sp³-hybridized carbons (Fsp3) is 0.375. The summed E-state index contributed by atoms with van der Waals surface area (Å²) in [6.07, 6.45) is 3.34. The predicted octanol–water partition coefficient (Wildman–Crippen LogP) is 4.35. The van der Waals surface area contributed by atoms with Crippen molar-refractivity contribution in [2.75, 3.05) is 6.61 Å². The molecule has 3 nitrogen and oxygen atoms in total. The van der Waals surface area contributed by atoms with Crippen LogP contribution in [0.5, 0.6) is 5.75 Å². The second kappa shape index (κ2) is 5.64. The molecular formula is C16H16N2OS. The maximum atomic E-state index is 9.20. The van der Waals surface area contributed by atoms with Gasteiger partial charge >= 0.3 is 0 Å². The summed E-state index contributed by atoms with van der Waals surface area (Å²) in [5.74, 6) is 1.40. The molecule has 3 rings (SSSR count). The molecule has 1 aliphatic rings. The molecule has 20 heavy (non-hydrogen) atoms. The van der Waals surface area contributed by atoms with Crippen LogP contribution in [-0.4, -0.2) is 11.6 Å². The quantitative estimate of drug-likeness (QED) is 0.820. The average Bonchev–Trinajstić information content (AvgIpc) is 3.25. The number of rotatable bonds is 5. The lowest BCUT2D eigenvalue weighted by Crippen LogP contribution is -1.94. The molecule has 1 aromatic heterocycles. The standard InChI is InChI=1S/C16H16N2OS/c1-2-9-19-13-7-5-12(6-8-13)16-18-15(11-3-4-11)14(10-17)20-16/h5-8,11H,2-4,9H2,1H3. The van der Waals surface area contributed by atoms with E-state index < -0.39 is 0 Å². The van der Waals surface area contributed by atoms with Crippen molar-refractivity contribution in [1.82, 2.24) is 4.98 Å². The summed E-state index contributed by atoms with van der Waals surface area (Å²) in [6, 6.07) is 10.2. The minimum Gasteiger partial charge on any atom is -0.494 e. The number of ether oxygens (including phenoxy) is 1. The number of aromatic nitrogens is 1. The zero-order valence-corrected chi connectivity index (χ0v) is 12.2. The highest BCUT2D eigenvalue weighted by molar-refractivity contribution is 7.15. The van der Waals surface area contributed by atoms with Crippen LogP contribution in [0.3, 0.4) is 0 Å². The summed E-state index contributed by atoms with van der Waals surface area (Å²) in [4.78, 5) is 5.43. The van der Waals surface area contributed by atoms with Crippen molar-refractivity contribution in [3.63, 3.8) is 0 Å². The summed E-state index contributed by atoms with van der Waals surface area (Å²) in [5.41, 5.74) is 2.06. The van der Waals surface area contributed by atoms with Gasteiger partial charge in [-0.15, -0.1) is 11.3 Å². The van der Waals surface area contributed by atoms with Crippen molar-refractivity contribution in [1.29, 1.82) is 5.26 Å². The van der Waals surface area contributed by atoms with E-state index in [1.54, 1.807) is 0 Å². The molecule has 0 radical (unpaired) electrons. The van der Waals surface area contributed by atoms with Crippen molar-refractivity contribution >= 4 is 11.3 Å². The molecule has 0 saturated heterocycles. The third-order valence-electron chi connectivity index (χ3n) is 3.29. The van der Waals surface area contributed by atoms with Crippen molar-refractivity contribution < 1.29 is 4.74 Å². The second-order valence-corrected chi connectivity index (χ2v) is 5.99. The number of nitriles is 1. The minimum absolute atomic E-state index is 0.516. The van der Waals surface area contributed by atoms with Crippen molar-refractivity contribution in [3.8, 4) is 22.4 Å². The first-order valence-corrected chi connectivity index (χ1v) is 7.77. The summed E-state index contributed by atoms with van der Waals surface area (Å²) >= 11 is 1.49. The number of benzene rings is 1. The Labute approximate surface area is 122 Å². The molecular weight excluding hydrogens is 268 g/mol. The SMILES string of the molecule is CCCOc1ccc(-c2nc(C3CC3)c(C#N)s2)cc1. The van der Waals surface area contributed by atoms with Crippen LogP contribution >= 0.6 is 11.3 Å². The van der Waals surface area contributed by atoms with Gasteiger partial charge in [0.1, 0.15) is 21.7 Å². The molecule has 0 N–H and O–H groups in total. The van der Waals surface area contributed by atoms with Gasteiger partial charge in [-0.1, -0.05) is 6.92 Å². The molecule has 0 aliphatic heterocycles. The Morgan fingerprint density at radius 3 is 2.70 bits per heavy atom. The molecule has 0 amide bonds. The molecule has 102 valence electrons. The minimum atomic E-state index is 0.516. The second-order valence-electron chi connectivity index (χ2n) is 4.99. The molecule has 1 fully saturated rings. The Morgan fingerprint density at radius 1 is 1.35 bits per heavy atom. The van der Waals surface area contributed by atoms with Crippen LogP contribution in [0.4, 0.5) is 0 Å². The zero-order chi connectivity index (χ0) is 13.9. The number of thiazole rings is 1. The molecule has 0 bridgehead atoms. The third-order valence-corrected chi connectivity index (χ3v) is 4.32. The molecule has 0 atom stereocenters. The normalized spacial score (nSPS) is 14.0. The van der Waals surface area contributed by atoms with Crippen LogP contribution in [0.1, 0.15) is 42.7 Å². The first kappa shape index (κ1) is 13.1. The van der Waals surface area contributed by atoms with Gasteiger partial charge in [0.25, 0.3) is 0 Å². The zero-order valence-electron chi connectivity index (χ0n) is 11.4. The highest BCUT2D eigenvalue weighted by atomic mass is 32.1. The van der Waals surface area contributed by atoms with E-state index in [4.69, 9.17) is 4.74 Å². The Hall–Kier alpha value is -1.86. The van der Waals surface area contributed by atoms with Crippen molar-refractivity contribution in [2.24, 2.45) is 0 Å². The molecule has 1 aromatic carbocycles. The first-order chi connectivity index (χ1) is 9.81. The lowest BCUT2D eigenvalue weighted by Gasteiger charge is -2.04. The summed E-state index contributed by atoms with van der Waals surface area (Å²) in [5, 5.41) is 10.1. The van der Waals surface area contributed by atoms with E-state index in [1.807, 2.05) is 24.3 Å². The average molecular weight is 284 g/mol. The van der Waals surface area contributed by atoms with Crippen molar-refractivity contribution in [3.05, 3.63) is 34.8 Å². The van der Waals surface area contributed by atoms with Crippen LogP contribution in [0.15, 0.2) is 24.3 Å². The maximum Gasteiger partial charge on any atom is 0.128 e. The van der Waals surface area contributed by atoms with Gasteiger partial charge in [-0.25, -0.2) is 4.98 Å². The highest BCUT2D eigenvalue weighted by Crippen LogP contribution is 2.44. The Morgan fingerprint density at radius 2 is 2.10 bits per heavy atom. The van der Waals surface area contributed by atoms with Gasteiger partial charge in [-0.3, -0.25) is 0 Å². The first-order valence-electron chi connectivity index (χ1n) is 6.96. The topological polar surface area (TPSA) is 45.9 Å². The molecule has 0 spiro atoms. The van der Waals surface area contributed by atoms with E-state index in [-0.39, 0.29) is 0 Å². The Kier molecular flexibility index (Phi) is 3.70. The summed E-state index contributed by atoms with van der Waals surface area (Å²) < 4.78 is 5.58. The lowest BCUT2D eigenvalue weighted by atomic mass is 10.2. The van der Waals surface area contributed by atoms with Crippen molar-refractivity contribution in [2.45, 2.75) is 32.1 Å². The van der Waals surface area contributed by atoms with E-state index in [9.17, 15) is 5.26 Å². The number of hydrogen-bond donors (Lipinski definition) is 0. The number of hydrogen-bond acceptors (Lipinski definition) is 4. The smallest absolute Gasteiger partial charge is 0.128 e. The lowest BCUT2D eigenvalue weighted by molar-refractivity contribution is 0.317. The van der Waals surface area contributed by atoms with Gasteiger partial charge < -0.3 is 4.74 Å². The Balaban J connectivity index is 1.83. The molecule has 0 unspecified atom stereocenters. The van der Waals surface area contributed by atoms with Gasteiger partial charge in [0.15, 0.2) is 0 Å².